The van der Waals surface area contributed by atoms with Crippen LogP contribution in [-0.2, 0) is 0 Å². The summed E-state index contributed by atoms with van der Waals surface area (Å²) in [6, 6.07) is 10.2. The average Bonchev–Trinajstić information content (AvgIpc) is 2.46. The highest BCUT2D eigenvalue weighted by Gasteiger charge is 2.02. The average molecular weight is 284 g/mol. The molecule has 0 saturated heterocycles. The Kier molecular flexibility index (Phi) is 5.55. The van der Waals surface area contributed by atoms with Crippen LogP contribution in [0, 0.1) is 13.8 Å². The number of hydrogen-bond acceptors (Lipinski definition) is 4. The minimum Gasteiger partial charge on any atom is -0.370 e. The van der Waals surface area contributed by atoms with Gasteiger partial charge in [0.15, 0.2) is 0 Å². The van der Waals surface area contributed by atoms with E-state index in [1.54, 1.807) is 0 Å². The van der Waals surface area contributed by atoms with Gasteiger partial charge in [0.1, 0.15) is 17.5 Å². The highest BCUT2D eigenvalue weighted by atomic mass is 15.1. The second kappa shape index (κ2) is 7.62. The fraction of sp³-hybridized carbons (Fsp3) is 0.412. The summed E-state index contributed by atoms with van der Waals surface area (Å²) in [5.74, 6) is 2.47. The largest absolute Gasteiger partial charge is 0.370 e. The molecule has 21 heavy (non-hydrogen) atoms. The molecule has 0 amide bonds. The standard InChI is InChI=1S/C17H24N4/c1-4-5-6-11-18-16-12-17(20-14(3)19-16)21-15-9-7-13(2)8-10-15/h7-10,12H,4-6,11H2,1-3H3,(H2,18,19,20,21). The van der Waals surface area contributed by atoms with Crippen LogP contribution in [0.15, 0.2) is 30.3 Å². The summed E-state index contributed by atoms with van der Waals surface area (Å²) in [7, 11) is 0. The molecule has 2 N–H and O–H groups in total. The topological polar surface area (TPSA) is 49.8 Å². The first-order valence-corrected chi connectivity index (χ1v) is 7.60. The number of anilines is 3. The van der Waals surface area contributed by atoms with Crippen molar-refractivity contribution in [1.82, 2.24) is 9.97 Å². The number of unbranched alkanes of at least 4 members (excludes halogenated alkanes) is 2. The van der Waals surface area contributed by atoms with E-state index in [1.165, 1.54) is 24.8 Å². The van der Waals surface area contributed by atoms with Gasteiger partial charge in [0.2, 0.25) is 0 Å². The molecule has 0 unspecified atom stereocenters. The van der Waals surface area contributed by atoms with Gasteiger partial charge in [-0.1, -0.05) is 37.5 Å². The maximum atomic E-state index is 4.43. The Hall–Kier alpha value is -2.10. The third kappa shape index (κ3) is 5.06. The summed E-state index contributed by atoms with van der Waals surface area (Å²) in [6.07, 6.45) is 3.64. The molecule has 0 aliphatic rings. The summed E-state index contributed by atoms with van der Waals surface area (Å²) in [6.45, 7) is 7.15. The first-order valence-electron chi connectivity index (χ1n) is 7.60. The fourth-order valence-corrected chi connectivity index (χ4v) is 2.10. The van der Waals surface area contributed by atoms with E-state index in [4.69, 9.17) is 0 Å². The molecule has 0 bridgehead atoms. The van der Waals surface area contributed by atoms with Crippen molar-refractivity contribution in [1.29, 1.82) is 0 Å². The molecule has 112 valence electrons. The van der Waals surface area contributed by atoms with Crippen molar-refractivity contribution in [2.45, 2.75) is 40.0 Å². The monoisotopic (exact) mass is 284 g/mol. The number of aryl methyl sites for hydroxylation is 2. The third-order valence-corrected chi connectivity index (χ3v) is 3.25. The Morgan fingerprint density at radius 3 is 2.38 bits per heavy atom. The van der Waals surface area contributed by atoms with Crippen molar-refractivity contribution < 1.29 is 0 Å². The fourth-order valence-electron chi connectivity index (χ4n) is 2.10. The normalized spacial score (nSPS) is 10.4. The van der Waals surface area contributed by atoms with E-state index in [-0.39, 0.29) is 0 Å². The molecule has 4 nitrogen and oxygen atoms in total. The molecule has 0 saturated carbocycles. The van der Waals surface area contributed by atoms with Crippen LogP contribution >= 0.6 is 0 Å². The molecule has 4 heteroatoms. The van der Waals surface area contributed by atoms with Gasteiger partial charge in [-0.05, 0) is 32.4 Å². The van der Waals surface area contributed by atoms with Crippen molar-refractivity contribution in [2.75, 3.05) is 17.2 Å². The summed E-state index contributed by atoms with van der Waals surface area (Å²) in [5, 5.41) is 6.69. The van der Waals surface area contributed by atoms with E-state index in [2.05, 4.69) is 58.7 Å². The second-order valence-corrected chi connectivity index (χ2v) is 5.31. The van der Waals surface area contributed by atoms with Crippen molar-refractivity contribution in [3.05, 3.63) is 41.7 Å². The number of rotatable bonds is 7. The second-order valence-electron chi connectivity index (χ2n) is 5.31. The lowest BCUT2D eigenvalue weighted by Gasteiger charge is -2.10. The van der Waals surface area contributed by atoms with Gasteiger partial charge in [-0.25, -0.2) is 9.97 Å². The Bertz CT molecular complexity index is 564. The van der Waals surface area contributed by atoms with E-state index in [1.807, 2.05) is 13.0 Å². The van der Waals surface area contributed by atoms with Crippen LogP contribution in [0.2, 0.25) is 0 Å². The maximum absolute atomic E-state index is 4.43. The van der Waals surface area contributed by atoms with Gasteiger partial charge in [0.05, 0.1) is 0 Å². The Balaban J connectivity index is 2.02. The van der Waals surface area contributed by atoms with Crippen molar-refractivity contribution in [3.63, 3.8) is 0 Å². The molecule has 1 aromatic heterocycles. The first-order chi connectivity index (χ1) is 10.2. The predicted molar refractivity (Wildman–Crippen MR) is 89.2 cm³/mol. The summed E-state index contributed by atoms with van der Waals surface area (Å²) >= 11 is 0. The molecule has 2 aromatic rings. The van der Waals surface area contributed by atoms with E-state index in [0.717, 1.165) is 29.7 Å². The molecule has 2 rings (SSSR count). The molecule has 0 spiro atoms. The molecule has 0 aliphatic heterocycles. The zero-order chi connectivity index (χ0) is 15.1. The van der Waals surface area contributed by atoms with Crippen LogP contribution in [0.3, 0.4) is 0 Å². The smallest absolute Gasteiger partial charge is 0.136 e. The first kappa shape index (κ1) is 15.3. The number of hydrogen-bond donors (Lipinski definition) is 2. The lowest BCUT2D eigenvalue weighted by atomic mass is 10.2. The van der Waals surface area contributed by atoms with E-state index >= 15 is 0 Å². The van der Waals surface area contributed by atoms with Crippen LogP contribution < -0.4 is 10.6 Å². The molecule has 1 aromatic carbocycles. The number of aromatic nitrogens is 2. The van der Waals surface area contributed by atoms with Gasteiger partial charge < -0.3 is 10.6 Å². The van der Waals surface area contributed by atoms with Crippen LogP contribution in [0.25, 0.3) is 0 Å². The molecular weight excluding hydrogens is 260 g/mol. The van der Waals surface area contributed by atoms with Gasteiger partial charge in [-0.3, -0.25) is 0 Å². The highest BCUT2D eigenvalue weighted by Crippen LogP contribution is 2.18. The van der Waals surface area contributed by atoms with Gasteiger partial charge in [-0.15, -0.1) is 0 Å². The Morgan fingerprint density at radius 2 is 1.67 bits per heavy atom. The van der Waals surface area contributed by atoms with E-state index < -0.39 is 0 Å². The summed E-state index contributed by atoms with van der Waals surface area (Å²) < 4.78 is 0. The van der Waals surface area contributed by atoms with Gasteiger partial charge in [0.25, 0.3) is 0 Å². The van der Waals surface area contributed by atoms with Crippen molar-refractivity contribution in [3.8, 4) is 0 Å². The minimum absolute atomic E-state index is 0.769. The maximum Gasteiger partial charge on any atom is 0.136 e. The number of nitrogens with one attached hydrogen (secondary N) is 2. The van der Waals surface area contributed by atoms with Crippen molar-refractivity contribution >= 4 is 17.3 Å². The highest BCUT2D eigenvalue weighted by molar-refractivity contribution is 5.59. The molecule has 0 fully saturated rings. The van der Waals surface area contributed by atoms with Crippen molar-refractivity contribution in [2.24, 2.45) is 0 Å². The minimum atomic E-state index is 0.769. The van der Waals surface area contributed by atoms with Crippen LogP contribution in [0.1, 0.15) is 37.6 Å². The summed E-state index contributed by atoms with van der Waals surface area (Å²) in [4.78, 5) is 8.86. The number of benzene rings is 1. The van der Waals surface area contributed by atoms with Crippen LogP contribution in [0.5, 0.6) is 0 Å². The molecule has 0 atom stereocenters. The Morgan fingerprint density at radius 1 is 0.952 bits per heavy atom. The van der Waals surface area contributed by atoms with Crippen LogP contribution in [-0.4, -0.2) is 16.5 Å². The van der Waals surface area contributed by atoms with Gasteiger partial charge in [-0.2, -0.15) is 0 Å². The quantitative estimate of drug-likeness (QED) is 0.738. The number of nitrogens with zero attached hydrogens (tertiary/aromatic N) is 2. The molecular formula is C17H24N4. The van der Waals surface area contributed by atoms with E-state index in [9.17, 15) is 0 Å². The van der Waals surface area contributed by atoms with Gasteiger partial charge >= 0.3 is 0 Å². The van der Waals surface area contributed by atoms with Gasteiger partial charge in [0, 0.05) is 18.3 Å². The predicted octanol–water partition coefficient (Wildman–Crippen LogP) is 4.44. The molecule has 0 radical (unpaired) electrons. The molecule has 0 aliphatic carbocycles. The lowest BCUT2D eigenvalue weighted by molar-refractivity contribution is 0.742. The molecule has 1 heterocycles. The van der Waals surface area contributed by atoms with Crippen LogP contribution in [0.4, 0.5) is 17.3 Å². The third-order valence-electron chi connectivity index (χ3n) is 3.25. The zero-order valence-corrected chi connectivity index (χ0v) is 13.1. The zero-order valence-electron chi connectivity index (χ0n) is 13.1. The Labute approximate surface area is 127 Å². The lowest BCUT2D eigenvalue weighted by Crippen LogP contribution is -2.06. The SMILES string of the molecule is CCCCCNc1cc(Nc2ccc(C)cc2)nc(C)n1. The van der Waals surface area contributed by atoms with E-state index in [0.29, 0.717) is 0 Å². The summed E-state index contributed by atoms with van der Waals surface area (Å²) in [5.41, 5.74) is 2.29.